The fourth-order valence-corrected chi connectivity index (χ4v) is 2.27. The van der Waals surface area contributed by atoms with E-state index < -0.39 is 5.91 Å². The molecule has 0 bridgehead atoms. The normalized spacial score (nSPS) is 10.9. The molecule has 0 saturated heterocycles. The smallest absolute Gasteiger partial charge is 0.277 e. The predicted octanol–water partition coefficient (Wildman–Crippen LogP) is 3.35. The molecule has 0 heterocycles. The Morgan fingerprint density at radius 1 is 1.08 bits per heavy atom. The molecule has 6 nitrogen and oxygen atoms in total. The van der Waals surface area contributed by atoms with Crippen molar-refractivity contribution in [2.75, 3.05) is 11.9 Å². The van der Waals surface area contributed by atoms with Gasteiger partial charge in [0, 0.05) is 15.9 Å². The number of hydrogen-bond donors (Lipinski definition) is 2. The van der Waals surface area contributed by atoms with E-state index in [2.05, 4.69) is 31.8 Å². The minimum Gasteiger partial charge on any atom is -0.484 e. The van der Waals surface area contributed by atoms with Gasteiger partial charge in [0.25, 0.3) is 5.91 Å². The SMILES string of the molecule is C/C(CC(=O)Nc1ccccc1)=N/NC(=O)COc1cccc(Br)c1. The lowest BCUT2D eigenvalue weighted by Crippen LogP contribution is -2.26. The average molecular weight is 404 g/mol. The molecule has 25 heavy (non-hydrogen) atoms. The van der Waals surface area contributed by atoms with E-state index in [4.69, 9.17) is 4.74 Å². The largest absolute Gasteiger partial charge is 0.484 e. The summed E-state index contributed by atoms with van der Waals surface area (Å²) in [5.74, 6) is -0.0256. The summed E-state index contributed by atoms with van der Waals surface area (Å²) in [6.07, 6.45) is 0.0850. The lowest BCUT2D eigenvalue weighted by molar-refractivity contribution is -0.123. The third-order valence-corrected chi connectivity index (χ3v) is 3.50. The van der Waals surface area contributed by atoms with Crippen LogP contribution in [-0.4, -0.2) is 24.1 Å². The van der Waals surface area contributed by atoms with E-state index in [-0.39, 0.29) is 18.9 Å². The van der Waals surface area contributed by atoms with Gasteiger partial charge in [0.05, 0.1) is 6.42 Å². The van der Waals surface area contributed by atoms with Crippen LogP contribution in [0.25, 0.3) is 0 Å². The van der Waals surface area contributed by atoms with Crippen molar-refractivity contribution in [1.82, 2.24) is 5.43 Å². The summed E-state index contributed by atoms with van der Waals surface area (Å²) in [6, 6.07) is 16.3. The monoisotopic (exact) mass is 403 g/mol. The van der Waals surface area contributed by atoms with Crippen molar-refractivity contribution < 1.29 is 14.3 Å². The Balaban J connectivity index is 1.74. The summed E-state index contributed by atoms with van der Waals surface area (Å²) >= 11 is 3.33. The van der Waals surface area contributed by atoms with Crippen LogP contribution in [0.5, 0.6) is 5.75 Å². The number of anilines is 1. The maximum atomic E-state index is 11.9. The van der Waals surface area contributed by atoms with Crippen molar-refractivity contribution in [3.63, 3.8) is 0 Å². The molecular weight excluding hydrogens is 386 g/mol. The van der Waals surface area contributed by atoms with E-state index in [9.17, 15) is 9.59 Å². The molecule has 2 aromatic carbocycles. The van der Waals surface area contributed by atoms with E-state index in [1.165, 1.54) is 0 Å². The van der Waals surface area contributed by atoms with Crippen LogP contribution in [0.1, 0.15) is 13.3 Å². The second-order valence-corrected chi connectivity index (χ2v) is 6.13. The summed E-state index contributed by atoms with van der Waals surface area (Å²) in [4.78, 5) is 23.6. The van der Waals surface area contributed by atoms with Crippen LogP contribution in [0.2, 0.25) is 0 Å². The number of ether oxygens (including phenoxy) is 1. The number of hydrogen-bond acceptors (Lipinski definition) is 4. The zero-order valence-corrected chi connectivity index (χ0v) is 15.2. The highest BCUT2D eigenvalue weighted by molar-refractivity contribution is 9.10. The Kier molecular flexibility index (Phi) is 7.16. The molecule has 0 fully saturated rings. The zero-order valence-electron chi connectivity index (χ0n) is 13.7. The van der Waals surface area contributed by atoms with Crippen molar-refractivity contribution >= 4 is 39.1 Å². The van der Waals surface area contributed by atoms with Gasteiger partial charge in [-0.3, -0.25) is 9.59 Å². The number of rotatable bonds is 7. The standard InChI is InChI=1S/C18H18BrN3O3/c1-13(10-17(23)20-15-7-3-2-4-8-15)21-22-18(24)12-25-16-9-5-6-14(19)11-16/h2-9,11H,10,12H2,1H3,(H,20,23)(H,22,24)/b21-13-. The van der Waals surface area contributed by atoms with E-state index in [0.29, 0.717) is 17.1 Å². The summed E-state index contributed by atoms with van der Waals surface area (Å²) in [5.41, 5.74) is 3.57. The van der Waals surface area contributed by atoms with Crippen LogP contribution in [0.15, 0.2) is 64.2 Å². The first-order chi connectivity index (χ1) is 12.0. The highest BCUT2D eigenvalue weighted by atomic mass is 79.9. The molecule has 2 N–H and O–H groups in total. The quantitative estimate of drug-likeness (QED) is 0.549. The second-order valence-electron chi connectivity index (χ2n) is 5.22. The molecule has 0 aliphatic heterocycles. The molecule has 7 heteroatoms. The maximum Gasteiger partial charge on any atom is 0.277 e. The van der Waals surface area contributed by atoms with Crippen molar-refractivity contribution in [3.05, 3.63) is 59.1 Å². The molecule has 130 valence electrons. The van der Waals surface area contributed by atoms with Gasteiger partial charge in [-0.2, -0.15) is 5.10 Å². The molecule has 0 unspecified atom stereocenters. The molecule has 0 aliphatic rings. The van der Waals surface area contributed by atoms with Gasteiger partial charge in [0.1, 0.15) is 5.75 Å². The maximum absolute atomic E-state index is 11.9. The summed E-state index contributed by atoms with van der Waals surface area (Å²) in [7, 11) is 0. The lowest BCUT2D eigenvalue weighted by Gasteiger charge is -2.07. The van der Waals surface area contributed by atoms with E-state index in [1.807, 2.05) is 30.3 Å². The van der Waals surface area contributed by atoms with E-state index in [0.717, 1.165) is 4.47 Å². The van der Waals surface area contributed by atoms with Gasteiger partial charge in [-0.25, -0.2) is 5.43 Å². The highest BCUT2D eigenvalue weighted by Gasteiger charge is 2.06. The number of benzene rings is 2. The summed E-state index contributed by atoms with van der Waals surface area (Å²) in [5, 5.41) is 6.65. The molecule has 0 aromatic heterocycles. The van der Waals surface area contributed by atoms with Gasteiger partial charge in [0.15, 0.2) is 6.61 Å². The number of halogens is 1. The fourth-order valence-electron chi connectivity index (χ4n) is 1.89. The topological polar surface area (TPSA) is 79.8 Å². The first kappa shape index (κ1) is 18.7. The van der Waals surface area contributed by atoms with Crippen LogP contribution in [0.3, 0.4) is 0 Å². The number of carbonyl (C=O) groups is 2. The van der Waals surface area contributed by atoms with E-state index in [1.54, 1.807) is 31.2 Å². The van der Waals surface area contributed by atoms with Crippen molar-refractivity contribution in [2.24, 2.45) is 5.10 Å². The van der Waals surface area contributed by atoms with E-state index >= 15 is 0 Å². The zero-order chi connectivity index (χ0) is 18.1. The fraction of sp³-hybridized carbons (Fsp3) is 0.167. The van der Waals surface area contributed by atoms with Gasteiger partial charge in [-0.15, -0.1) is 0 Å². The Bertz CT molecular complexity index is 763. The number of carbonyl (C=O) groups excluding carboxylic acids is 2. The number of nitrogens with zero attached hydrogens (tertiary/aromatic N) is 1. The Morgan fingerprint density at radius 3 is 2.56 bits per heavy atom. The molecular formula is C18H18BrN3O3. The van der Waals surface area contributed by atoms with Gasteiger partial charge >= 0.3 is 0 Å². The first-order valence-corrected chi connectivity index (χ1v) is 8.37. The number of para-hydroxylation sites is 1. The Morgan fingerprint density at radius 2 is 1.84 bits per heavy atom. The molecule has 0 radical (unpaired) electrons. The average Bonchev–Trinajstić information content (AvgIpc) is 2.59. The molecule has 2 aromatic rings. The van der Waals surface area contributed by atoms with Crippen molar-refractivity contribution in [1.29, 1.82) is 0 Å². The lowest BCUT2D eigenvalue weighted by atomic mass is 10.2. The van der Waals surface area contributed by atoms with Gasteiger partial charge in [-0.05, 0) is 37.3 Å². The second kappa shape index (κ2) is 9.58. The van der Waals surface area contributed by atoms with Crippen molar-refractivity contribution in [3.8, 4) is 5.75 Å². The molecule has 0 atom stereocenters. The molecule has 2 amide bonds. The molecule has 0 aliphatic carbocycles. The minimum atomic E-state index is -0.400. The van der Waals surface area contributed by atoms with Crippen molar-refractivity contribution in [2.45, 2.75) is 13.3 Å². The molecule has 0 spiro atoms. The molecule has 0 saturated carbocycles. The summed E-state index contributed by atoms with van der Waals surface area (Å²) in [6.45, 7) is 1.50. The Hall–Kier alpha value is -2.67. The van der Waals surface area contributed by atoms with Crippen LogP contribution in [0.4, 0.5) is 5.69 Å². The number of nitrogens with one attached hydrogen (secondary N) is 2. The third kappa shape index (κ3) is 7.17. The summed E-state index contributed by atoms with van der Waals surface area (Å²) < 4.78 is 6.21. The van der Waals surface area contributed by atoms with Crippen LogP contribution in [0, 0.1) is 0 Å². The van der Waals surface area contributed by atoms with Crippen LogP contribution < -0.4 is 15.5 Å². The van der Waals surface area contributed by atoms with Gasteiger partial charge in [0.2, 0.25) is 5.91 Å². The van der Waals surface area contributed by atoms with Crippen LogP contribution >= 0.6 is 15.9 Å². The van der Waals surface area contributed by atoms with Gasteiger partial charge < -0.3 is 10.1 Å². The molecule has 2 rings (SSSR count). The number of amides is 2. The predicted molar refractivity (Wildman–Crippen MR) is 101 cm³/mol. The third-order valence-electron chi connectivity index (χ3n) is 3.01. The highest BCUT2D eigenvalue weighted by Crippen LogP contribution is 2.17. The van der Waals surface area contributed by atoms with Crippen LogP contribution in [-0.2, 0) is 9.59 Å². The number of hydrazone groups is 1. The van der Waals surface area contributed by atoms with Gasteiger partial charge in [-0.1, -0.05) is 40.2 Å². The minimum absolute atomic E-state index is 0.0850. The first-order valence-electron chi connectivity index (χ1n) is 7.58. The Labute approximate surface area is 154 Å².